The topological polar surface area (TPSA) is 102 Å². The van der Waals surface area contributed by atoms with Gasteiger partial charge in [0.1, 0.15) is 0 Å². The van der Waals surface area contributed by atoms with Gasteiger partial charge in [0.15, 0.2) is 0 Å². The third-order valence-electron chi connectivity index (χ3n) is 0.494. The highest BCUT2D eigenvalue weighted by Gasteiger charge is 2.01. The van der Waals surface area contributed by atoms with E-state index < -0.39 is 12.3 Å². The number of hydrogen-bond acceptors (Lipinski definition) is 5. The van der Waals surface area contributed by atoms with Gasteiger partial charge in [0, 0.05) is 0 Å². The van der Waals surface area contributed by atoms with Gasteiger partial charge in [0.05, 0.1) is 13.2 Å². The first kappa shape index (κ1) is 14.2. The van der Waals surface area contributed by atoms with Crippen LogP contribution >= 0.6 is 0 Å². The van der Waals surface area contributed by atoms with Crippen molar-refractivity contribution in [3.63, 3.8) is 0 Å². The largest absolute Gasteiger partial charge is 0.516 e. The van der Waals surface area contributed by atoms with E-state index in [1.807, 2.05) is 13.8 Å². The fourth-order valence-corrected chi connectivity index (χ4v) is 0.241. The standard InChI is InChI=1S/C4H10O2.C2H2O5/c1-3-5-6-4-2;3-1(4)7-2(5)6/h3-4H2,1-2H3;(H,3,4)(H,5,6). The Hall–Kier alpha value is -1.34. The summed E-state index contributed by atoms with van der Waals surface area (Å²) in [5.41, 5.74) is 0. The quantitative estimate of drug-likeness (QED) is 0.231. The molecule has 0 radical (unpaired) electrons. The molecule has 0 saturated heterocycles. The molecule has 0 bridgehead atoms. The van der Waals surface area contributed by atoms with Crippen molar-refractivity contribution in [2.75, 3.05) is 13.2 Å². The number of carbonyl (C=O) groups is 2. The zero-order valence-electron chi connectivity index (χ0n) is 7.35. The highest BCUT2D eigenvalue weighted by atomic mass is 17.2. The molecule has 0 unspecified atom stereocenters. The van der Waals surface area contributed by atoms with Gasteiger partial charge in [0.2, 0.25) is 0 Å². The lowest BCUT2D eigenvalue weighted by atomic mass is 10.9. The Kier molecular flexibility index (Phi) is 11.6. The number of hydrogen-bond donors (Lipinski definition) is 2. The van der Waals surface area contributed by atoms with Gasteiger partial charge in [-0.3, -0.25) is 0 Å². The van der Waals surface area contributed by atoms with E-state index >= 15 is 0 Å². The highest BCUT2D eigenvalue weighted by molar-refractivity contribution is 5.74. The van der Waals surface area contributed by atoms with Crippen LogP contribution in [0, 0.1) is 0 Å². The molecule has 0 aliphatic heterocycles. The second-order valence-electron chi connectivity index (χ2n) is 1.45. The molecule has 0 aromatic carbocycles. The van der Waals surface area contributed by atoms with Crippen molar-refractivity contribution in [3.8, 4) is 0 Å². The van der Waals surface area contributed by atoms with Crippen molar-refractivity contribution in [3.05, 3.63) is 0 Å². The van der Waals surface area contributed by atoms with Crippen molar-refractivity contribution < 1.29 is 34.3 Å². The summed E-state index contributed by atoms with van der Waals surface area (Å²) < 4.78 is 3.08. The molecular formula is C6H12O7. The normalized spacial score (nSPS) is 8.15. The molecule has 2 N–H and O–H groups in total. The molecule has 0 spiro atoms. The number of rotatable bonds is 3. The summed E-state index contributed by atoms with van der Waals surface area (Å²) in [7, 11) is 0. The average Bonchev–Trinajstić information content (AvgIpc) is 1.99. The van der Waals surface area contributed by atoms with Crippen LogP contribution in [-0.4, -0.2) is 35.7 Å². The van der Waals surface area contributed by atoms with Crippen molar-refractivity contribution >= 4 is 12.3 Å². The van der Waals surface area contributed by atoms with Gasteiger partial charge in [-0.25, -0.2) is 19.4 Å². The first-order chi connectivity index (χ1) is 6.04. The van der Waals surface area contributed by atoms with Crippen LogP contribution in [0.25, 0.3) is 0 Å². The number of carboxylic acid groups (broad SMARTS) is 2. The van der Waals surface area contributed by atoms with Gasteiger partial charge in [-0.05, 0) is 13.8 Å². The zero-order valence-corrected chi connectivity index (χ0v) is 7.35. The molecule has 0 rings (SSSR count). The van der Waals surface area contributed by atoms with Crippen LogP contribution in [0.1, 0.15) is 13.8 Å². The summed E-state index contributed by atoms with van der Waals surface area (Å²) in [5, 5.41) is 15.0. The first-order valence-electron chi connectivity index (χ1n) is 3.42. The Morgan fingerprint density at radius 2 is 1.31 bits per heavy atom. The van der Waals surface area contributed by atoms with Crippen molar-refractivity contribution in [1.29, 1.82) is 0 Å². The summed E-state index contributed by atoms with van der Waals surface area (Å²) >= 11 is 0. The second-order valence-corrected chi connectivity index (χ2v) is 1.45. The molecular weight excluding hydrogens is 184 g/mol. The van der Waals surface area contributed by atoms with Crippen LogP contribution in [0.3, 0.4) is 0 Å². The van der Waals surface area contributed by atoms with Crippen LogP contribution in [-0.2, 0) is 14.5 Å². The van der Waals surface area contributed by atoms with E-state index in [1.165, 1.54) is 0 Å². The minimum absolute atomic E-state index is 0.633. The molecule has 78 valence electrons. The molecule has 7 nitrogen and oxygen atoms in total. The minimum Gasteiger partial charge on any atom is -0.449 e. The van der Waals surface area contributed by atoms with Crippen molar-refractivity contribution in [1.82, 2.24) is 0 Å². The molecule has 0 saturated carbocycles. The molecule has 0 aromatic rings. The third kappa shape index (κ3) is 25.0. The molecule has 0 aliphatic carbocycles. The zero-order chi connectivity index (χ0) is 10.7. The molecule has 0 aliphatic rings. The first-order valence-corrected chi connectivity index (χ1v) is 3.42. The van der Waals surface area contributed by atoms with E-state index in [0.717, 1.165) is 0 Å². The monoisotopic (exact) mass is 196 g/mol. The van der Waals surface area contributed by atoms with Gasteiger partial charge in [-0.1, -0.05) is 0 Å². The van der Waals surface area contributed by atoms with E-state index in [1.54, 1.807) is 0 Å². The van der Waals surface area contributed by atoms with Crippen LogP contribution in [0.4, 0.5) is 9.59 Å². The fraction of sp³-hybridized carbons (Fsp3) is 0.667. The SMILES string of the molecule is CCOOCC.O=C(O)OC(=O)O. The van der Waals surface area contributed by atoms with E-state index in [2.05, 4.69) is 14.5 Å². The Labute approximate surface area is 74.8 Å². The van der Waals surface area contributed by atoms with Gasteiger partial charge in [-0.15, -0.1) is 0 Å². The summed E-state index contributed by atoms with van der Waals surface area (Å²) in [5.74, 6) is 0. The Morgan fingerprint density at radius 1 is 1.00 bits per heavy atom. The summed E-state index contributed by atoms with van der Waals surface area (Å²) in [4.78, 5) is 27.4. The Bertz CT molecular complexity index is 128. The Morgan fingerprint density at radius 3 is 1.38 bits per heavy atom. The molecule has 7 heteroatoms. The maximum Gasteiger partial charge on any atom is 0.516 e. The van der Waals surface area contributed by atoms with Crippen LogP contribution in [0.5, 0.6) is 0 Å². The van der Waals surface area contributed by atoms with Gasteiger partial charge in [-0.2, -0.15) is 0 Å². The van der Waals surface area contributed by atoms with Gasteiger partial charge < -0.3 is 14.9 Å². The van der Waals surface area contributed by atoms with Crippen LogP contribution in [0.2, 0.25) is 0 Å². The molecule has 0 amide bonds. The summed E-state index contributed by atoms with van der Waals surface area (Å²) in [6.45, 7) is 5.03. The van der Waals surface area contributed by atoms with Gasteiger partial charge >= 0.3 is 12.3 Å². The molecule has 13 heavy (non-hydrogen) atoms. The lowest BCUT2D eigenvalue weighted by Crippen LogP contribution is -2.05. The van der Waals surface area contributed by atoms with E-state index in [0.29, 0.717) is 13.2 Å². The lowest BCUT2D eigenvalue weighted by Gasteiger charge is -1.92. The molecule has 0 fully saturated rings. The predicted molar refractivity (Wildman–Crippen MR) is 40.4 cm³/mol. The highest BCUT2D eigenvalue weighted by Crippen LogP contribution is 1.74. The molecule has 0 heterocycles. The van der Waals surface area contributed by atoms with E-state index in [-0.39, 0.29) is 0 Å². The molecule has 0 atom stereocenters. The Balaban J connectivity index is 0. The molecule has 0 aromatic heterocycles. The lowest BCUT2D eigenvalue weighted by molar-refractivity contribution is -0.287. The average molecular weight is 196 g/mol. The number of ether oxygens (including phenoxy) is 1. The van der Waals surface area contributed by atoms with Crippen LogP contribution in [0.15, 0.2) is 0 Å². The summed E-state index contributed by atoms with van der Waals surface area (Å²) in [6.07, 6.45) is -3.62. The fourth-order valence-electron chi connectivity index (χ4n) is 0.241. The van der Waals surface area contributed by atoms with Crippen molar-refractivity contribution in [2.45, 2.75) is 13.8 Å². The van der Waals surface area contributed by atoms with E-state index in [9.17, 15) is 9.59 Å². The maximum atomic E-state index is 9.21. The van der Waals surface area contributed by atoms with Crippen molar-refractivity contribution in [2.24, 2.45) is 0 Å². The smallest absolute Gasteiger partial charge is 0.449 e. The minimum atomic E-state index is -1.81. The van der Waals surface area contributed by atoms with E-state index in [4.69, 9.17) is 10.2 Å². The van der Waals surface area contributed by atoms with Gasteiger partial charge in [0.25, 0.3) is 0 Å². The van der Waals surface area contributed by atoms with Crippen LogP contribution < -0.4 is 0 Å². The maximum absolute atomic E-state index is 9.21. The second kappa shape index (κ2) is 10.7. The third-order valence-corrected chi connectivity index (χ3v) is 0.494. The predicted octanol–water partition coefficient (Wildman–Crippen LogP) is 1.33. The summed E-state index contributed by atoms with van der Waals surface area (Å²) in [6, 6.07) is 0.